The molecule has 2 rings (SSSR count). The van der Waals surface area contributed by atoms with Gasteiger partial charge in [0.25, 0.3) is 0 Å². The number of carbonyl (C=O) groups is 1. The molecule has 2 N–H and O–H groups in total. The van der Waals surface area contributed by atoms with E-state index in [1.807, 2.05) is 6.92 Å². The highest BCUT2D eigenvalue weighted by atomic mass is 32.2. The Morgan fingerprint density at radius 2 is 2.00 bits per heavy atom. The number of carbonyl (C=O) groups excluding carboxylic acids is 1. The molecule has 2 fully saturated rings. The predicted molar refractivity (Wildman–Crippen MR) is 77.8 cm³/mol. The highest BCUT2D eigenvalue weighted by Crippen LogP contribution is 2.16. The van der Waals surface area contributed by atoms with Gasteiger partial charge in [0, 0.05) is 25.7 Å². The number of nitrogens with zero attached hydrogens (tertiary/aromatic N) is 1. The van der Waals surface area contributed by atoms with Crippen LogP contribution < -0.4 is 10.6 Å². The van der Waals surface area contributed by atoms with Crippen LogP contribution in [-0.4, -0.2) is 56.6 Å². The number of hydrogen-bond donors (Lipinski definition) is 2. The fraction of sp³-hybridized carbons (Fsp3) is 0.923. The van der Waals surface area contributed by atoms with Crippen molar-refractivity contribution in [2.24, 2.45) is 5.92 Å². The lowest BCUT2D eigenvalue weighted by molar-refractivity contribution is -0.125. The van der Waals surface area contributed by atoms with E-state index in [-0.39, 0.29) is 23.6 Å². The summed E-state index contributed by atoms with van der Waals surface area (Å²) in [6, 6.07) is 0.121. The van der Waals surface area contributed by atoms with Crippen LogP contribution in [0.15, 0.2) is 0 Å². The number of nitrogens with one attached hydrogen (secondary N) is 2. The van der Waals surface area contributed by atoms with Gasteiger partial charge in [-0.25, -0.2) is 12.7 Å². The summed E-state index contributed by atoms with van der Waals surface area (Å²) in [7, 11) is -3.09. The third kappa shape index (κ3) is 3.93. The van der Waals surface area contributed by atoms with Crippen molar-refractivity contribution in [1.82, 2.24) is 14.9 Å². The van der Waals surface area contributed by atoms with Crippen molar-refractivity contribution in [3.8, 4) is 0 Å². The fourth-order valence-corrected chi connectivity index (χ4v) is 4.40. The van der Waals surface area contributed by atoms with Crippen molar-refractivity contribution in [2.45, 2.75) is 38.6 Å². The van der Waals surface area contributed by atoms with E-state index in [9.17, 15) is 13.2 Å². The summed E-state index contributed by atoms with van der Waals surface area (Å²) in [5.74, 6) is 0.416. The summed E-state index contributed by atoms with van der Waals surface area (Å²) in [5, 5.41) is 6.25. The van der Waals surface area contributed by atoms with E-state index in [1.54, 1.807) is 4.31 Å². The lowest BCUT2D eigenvalue weighted by Gasteiger charge is -2.32. The van der Waals surface area contributed by atoms with Crippen molar-refractivity contribution in [2.75, 3.05) is 31.9 Å². The molecule has 2 aliphatic rings. The minimum Gasteiger partial charge on any atom is -0.353 e. The van der Waals surface area contributed by atoms with Crippen molar-refractivity contribution in [3.05, 3.63) is 0 Å². The van der Waals surface area contributed by atoms with Crippen molar-refractivity contribution >= 4 is 15.9 Å². The molecule has 0 aromatic carbocycles. The van der Waals surface area contributed by atoms with Gasteiger partial charge in [-0.15, -0.1) is 0 Å². The van der Waals surface area contributed by atoms with E-state index in [2.05, 4.69) is 10.6 Å². The van der Waals surface area contributed by atoms with E-state index >= 15 is 0 Å². The Morgan fingerprint density at radius 3 is 2.55 bits per heavy atom. The third-order valence-electron chi connectivity index (χ3n) is 4.09. The van der Waals surface area contributed by atoms with E-state index < -0.39 is 10.0 Å². The van der Waals surface area contributed by atoms with Crippen LogP contribution >= 0.6 is 0 Å². The maximum absolute atomic E-state index is 12.0. The number of hydrogen-bond acceptors (Lipinski definition) is 4. The summed E-state index contributed by atoms with van der Waals surface area (Å²) in [6.45, 7) is 4.59. The van der Waals surface area contributed by atoms with Crippen LogP contribution in [0.1, 0.15) is 32.6 Å². The Bertz CT molecular complexity index is 424. The molecule has 1 unspecified atom stereocenters. The van der Waals surface area contributed by atoms with Crippen LogP contribution in [0.4, 0.5) is 0 Å². The molecule has 116 valence electrons. The Morgan fingerprint density at radius 1 is 1.30 bits per heavy atom. The molecule has 2 saturated heterocycles. The molecule has 0 aliphatic carbocycles. The molecule has 1 amide bonds. The summed E-state index contributed by atoms with van der Waals surface area (Å²) >= 11 is 0. The molecule has 1 atom stereocenters. The predicted octanol–water partition coefficient (Wildman–Crippen LogP) is -0.0837. The van der Waals surface area contributed by atoms with E-state index in [0.717, 1.165) is 32.4 Å². The molecular weight excluding hydrogens is 278 g/mol. The van der Waals surface area contributed by atoms with Gasteiger partial charge in [0.2, 0.25) is 15.9 Å². The van der Waals surface area contributed by atoms with Crippen LogP contribution in [0.2, 0.25) is 0 Å². The molecule has 20 heavy (non-hydrogen) atoms. The smallest absolute Gasteiger partial charge is 0.224 e. The zero-order chi connectivity index (χ0) is 14.6. The fourth-order valence-electron chi connectivity index (χ4n) is 2.86. The maximum atomic E-state index is 12.0. The first-order valence-corrected chi connectivity index (χ1v) is 9.12. The van der Waals surface area contributed by atoms with Crippen molar-refractivity contribution in [3.63, 3.8) is 0 Å². The number of amides is 1. The first-order chi connectivity index (χ1) is 9.53. The molecule has 0 aromatic heterocycles. The molecule has 0 radical (unpaired) electrons. The number of piperidine rings is 1. The lowest BCUT2D eigenvalue weighted by Crippen LogP contribution is -2.48. The number of sulfonamides is 1. The van der Waals surface area contributed by atoms with Gasteiger partial charge in [0.15, 0.2) is 0 Å². The Labute approximate surface area is 121 Å². The zero-order valence-electron chi connectivity index (χ0n) is 12.1. The van der Waals surface area contributed by atoms with Crippen LogP contribution in [0.5, 0.6) is 0 Å². The molecule has 2 aliphatic heterocycles. The van der Waals surface area contributed by atoms with E-state index in [1.165, 1.54) is 0 Å². The van der Waals surface area contributed by atoms with Crippen LogP contribution in [0, 0.1) is 5.92 Å². The first kappa shape index (κ1) is 15.7. The second-order valence-corrected chi connectivity index (χ2v) is 7.78. The normalized spacial score (nSPS) is 25.8. The van der Waals surface area contributed by atoms with E-state index in [4.69, 9.17) is 0 Å². The quantitative estimate of drug-likeness (QED) is 0.744. The van der Waals surface area contributed by atoms with Crippen LogP contribution in [0.25, 0.3) is 0 Å². The zero-order valence-corrected chi connectivity index (χ0v) is 12.9. The van der Waals surface area contributed by atoms with Crippen molar-refractivity contribution < 1.29 is 13.2 Å². The van der Waals surface area contributed by atoms with Crippen LogP contribution in [-0.2, 0) is 14.8 Å². The second-order valence-electron chi connectivity index (χ2n) is 5.69. The third-order valence-corrected chi connectivity index (χ3v) is 6.16. The average molecular weight is 303 g/mol. The lowest BCUT2D eigenvalue weighted by atomic mass is 10.0. The molecular formula is C13H25N3O3S. The monoisotopic (exact) mass is 303 g/mol. The number of rotatable bonds is 5. The largest absolute Gasteiger partial charge is 0.353 e. The van der Waals surface area contributed by atoms with Gasteiger partial charge in [0.1, 0.15) is 0 Å². The molecule has 7 heteroatoms. The SMILES string of the molecule is CCCS(=O)(=O)N1CCC(NC(=O)C2CCNC2)CC1. The molecule has 0 bridgehead atoms. The first-order valence-electron chi connectivity index (χ1n) is 7.52. The second kappa shape index (κ2) is 6.87. The van der Waals surface area contributed by atoms with E-state index in [0.29, 0.717) is 19.5 Å². The van der Waals surface area contributed by atoms with Crippen LogP contribution in [0.3, 0.4) is 0 Å². The maximum Gasteiger partial charge on any atom is 0.224 e. The van der Waals surface area contributed by atoms with Gasteiger partial charge in [-0.2, -0.15) is 0 Å². The van der Waals surface area contributed by atoms with Gasteiger partial charge < -0.3 is 10.6 Å². The highest BCUT2D eigenvalue weighted by Gasteiger charge is 2.30. The van der Waals surface area contributed by atoms with Gasteiger partial charge in [-0.3, -0.25) is 4.79 Å². The average Bonchev–Trinajstić information content (AvgIpc) is 2.93. The Balaban J connectivity index is 1.78. The van der Waals surface area contributed by atoms with Crippen molar-refractivity contribution in [1.29, 1.82) is 0 Å². The van der Waals surface area contributed by atoms with Gasteiger partial charge in [0.05, 0.1) is 11.7 Å². The standard InChI is InChI=1S/C13H25N3O3S/c1-2-9-20(18,19)16-7-4-12(5-8-16)15-13(17)11-3-6-14-10-11/h11-12,14H,2-10H2,1H3,(H,15,17). The summed E-state index contributed by atoms with van der Waals surface area (Å²) in [4.78, 5) is 12.0. The topological polar surface area (TPSA) is 78.5 Å². The highest BCUT2D eigenvalue weighted by molar-refractivity contribution is 7.89. The molecule has 6 nitrogen and oxygen atoms in total. The molecule has 0 saturated carbocycles. The molecule has 0 aromatic rings. The Kier molecular flexibility index (Phi) is 5.40. The summed E-state index contributed by atoms with van der Waals surface area (Å²) < 4.78 is 25.5. The molecule has 0 spiro atoms. The van der Waals surface area contributed by atoms with Gasteiger partial charge >= 0.3 is 0 Å². The molecule has 2 heterocycles. The minimum absolute atomic E-state index is 0.0804. The van der Waals surface area contributed by atoms with Gasteiger partial charge in [-0.1, -0.05) is 6.92 Å². The summed E-state index contributed by atoms with van der Waals surface area (Å²) in [6.07, 6.45) is 2.98. The van der Waals surface area contributed by atoms with Gasteiger partial charge in [-0.05, 0) is 32.2 Å². The Hall–Kier alpha value is -0.660. The minimum atomic E-state index is -3.09. The summed E-state index contributed by atoms with van der Waals surface area (Å²) in [5.41, 5.74) is 0.